The summed E-state index contributed by atoms with van der Waals surface area (Å²) in [5, 5.41) is 13.2. The highest BCUT2D eigenvalue weighted by molar-refractivity contribution is 4.94. The maximum absolute atomic E-state index is 9.83. The third-order valence-electron chi connectivity index (χ3n) is 3.70. The highest BCUT2D eigenvalue weighted by atomic mass is 16.5. The first kappa shape index (κ1) is 14.2. The maximum Gasteiger partial charge on any atom is 0.0897 e. The van der Waals surface area contributed by atoms with Gasteiger partial charge < -0.3 is 24.6 Å². The van der Waals surface area contributed by atoms with E-state index >= 15 is 0 Å². The van der Waals surface area contributed by atoms with Gasteiger partial charge in [-0.3, -0.25) is 0 Å². The van der Waals surface area contributed by atoms with Gasteiger partial charge in [0.1, 0.15) is 0 Å². The van der Waals surface area contributed by atoms with E-state index < -0.39 is 6.10 Å². The molecule has 0 aromatic heterocycles. The lowest BCUT2D eigenvalue weighted by Gasteiger charge is -2.22. The Kier molecular flexibility index (Phi) is 5.38. The fraction of sp³-hybridized carbons (Fsp3) is 1.00. The van der Waals surface area contributed by atoms with E-state index in [1.165, 1.54) is 6.42 Å². The molecule has 0 aliphatic carbocycles. The molecule has 2 saturated heterocycles. The zero-order valence-electron chi connectivity index (χ0n) is 11.3. The number of methoxy groups -OCH3 is 1. The average molecular weight is 259 g/mol. The molecule has 0 radical (unpaired) electrons. The quantitative estimate of drug-likeness (QED) is 0.657. The molecule has 106 valence electrons. The molecule has 5 nitrogen and oxygen atoms in total. The summed E-state index contributed by atoms with van der Waals surface area (Å²) in [4.78, 5) is 0. The van der Waals surface area contributed by atoms with Crippen molar-refractivity contribution in [3.8, 4) is 0 Å². The lowest BCUT2D eigenvalue weighted by molar-refractivity contribution is -0.0320. The number of nitrogens with one attached hydrogen (secondary N) is 1. The van der Waals surface area contributed by atoms with Crippen LogP contribution in [-0.2, 0) is 14.2 Å². The Morgan fingerprint density at radius 1 is 1.39 bits per heavy atom. The van der Waals surface area contributed by atoms with Gasteiger partial charge in [-0.25, -0.2) is 0 Å². The Morgan fingerprint density at radius 2 is 2.22 bits per heavy atom. The van der Waals surface area contributed by atoms with Crippen LogP contribution in [-0.4, -0.2) is 62.4 Å². The van der Waals surface area contributed by atoms with Crippen LogP contribution in [0.1, 0.15) is 26.2 Å². The Morgan fingerprint density at radius 3 is 2.83 bits per heavy atom. The Hall–Kier alpha value is -0.200. The lowest BCUT2D eigenvalue weighted by atomic mass is 9.95. The summed E-state index contributed by atoms with van der Waals surface area (Å²) in [5.74, 6) is 0. The van der Waals surface area contributed by atoms with E-state index in [0.29, 0.717) is 38.0 Å². The molecule has 5 heteroatoms. The predicted octanol–water partition coefficient (Wildman–Crippen LogP) is 0.308. The molecule has 0 spiro atoms. The molecular weight excluding hydrogens is 234 g/mol. The fourth-order valence-corrected chi connectivity index (χ4v) is 2.76. The normalized spacial score (nSPS) is 33.8. The van der Waals surface area contributed by atoms with Crippen molar-refractivity contribution in [3.05, 3.63) is 0 Å². The second-order valence-electron chi connectivity index (χ2n) is 5.38. The van der Waals surface area contributed by atoms with E-state index in [9.17, 15) is 5.11 Å². The summed E-state index contributed by atoms with van der Waals surface area (Å²) < 4.78 is 16.2. The first-order chi connectivity index (χ1) is 8.69. The van der Waals surface area contributed by atoms with Gasteiger partial charge in [-0.05, 0) is 26.2 Å². The topological polar surface area (TPSA) is 60.0 Å². The molecule has 18 heavy (non-hydrogen) atoms. The van der Waals surface area contributed by atoms with Gasteiger partial charge in [0.05, 0.1) is 37.6 Å². The highest BCUT2D eigenvalue weighted by Crippen LogP contribution is 2.34. The van der Waals surface area contributed by atoms with Crippen LogP contribution in [0.15, 0.2) is 0 Å². The number of aliphatic hydroxyl groups is 1. The van der Waals surface area contributed by atoms with Crippen LogP contribution < -0.4 is 5.32 Å². The largest absolute Gasteiger partial charge is 0.389 e. The van der Waals surface area contributed by atoms with Crippen LogP contribution in [0.5, 0.6) is 0 Å². The van der Waals surface area contributed by atoms with E-state index in [2.05, 4.69) is 5.32 Å². The molecule has 0 amide bonds. The summed E-state index contributed by atoms with van der Waals surface area (Å²) in [6, 6.07) is 0.412. The van der Waals surface area contributed by atoms with Gasteiger partial charge in [-0.2, -0.15) is 0 Å². The minimum atomic E-state index is -0.469. The molecule has 0 aromatic carbocycles. The Bertz CT molecular complexity index is 251. The van der Waals surface area contributed by atoms with Gasteiger partial charge in [0.25, 0.3) is 0 Å². The van der Waals surface area contributed by atoms with Crippen molar-refractivity contribution in [2.45, 2.75) is 56.6 Å². The number of ether oxygens (including phenoxy) is 3. The molecule has 2 N–H and O–H groups in total. The van der Waals surface area contributed by atoms with Gasteiger partial charge in [0.2, 0.25) is 0 Å². The van der Waals surface area contributed by atoms with Gasteiger partial charge >= 0.3 is 0 Å². The van der Waals surface area contributed by atoms with Gasteiger partial charge in [-0.15, -0.1) is 0 Å². The van der Waals surface area contributed by atoms with Crippen molar-refractivity contribution in [2.75, 3.05) is 26.9 Å². The first-order valence-electron chi connectivity index (χ1n) is 6.86. The molecule has 5 unspecified atom stereocenters. The number of aliphatic hydroxyl groups excluding tert-OH is 1. The van der Waals surface area contributed by atoms with E-state index in [-0.39, 0.29) is 6.10 Å². The van der Waals surface area contributed by atoms with E-state index in [0.717, 1.165) is 12.8 Å². The van der Waals surface area contributed by atoms with Crippen molar-refractivity contribution in [2.24, 2.45) is 0 Å². The van der Waals surface area contributed by atoms with Crippen molar-refractivity contribution >= 4 is 0 Å². The smallest absolute Gasteiger partial charge is 0.0897 e. The molecular formula is C13H25NO4. The molecule has 2 heterocycles. The van der Waals surface area contributed by atoms with Crippen LogP contribution in [0.3, 0.4) is 0 Å². The van der Waals surface area contributed by atoms with E-state index in [1.807, 2.05) is 6.92 Å². The molecule has 0 aromatic rings. The van der Waals surface area contributed by atoms with Crippen molar-refractivity contribution in [1.29, 1.82) is 0 Å². The van der Waals surface area contributed by atoms with Crippen LogP contribution in [0.25, 0.3) is 0 Å². The van der Waals surface area contributed by atoms with Gasteiger partial charge in [0, 0.05) is 19.7 Å². The minimum Gasteiger partial charge on any atom is -0.389 e. The SMILES string of the molecule is COCC(C)OCC(O)CNC1CC2CCC1O2. The van der Waals surface area contributed by atoms with E-state index in [1.54, 1.807) is 7.11 Å². The Balaban J connectivity index is 1.56. The van der Waals surface area contributed by atoms with Crippen molar-refractivity contribution < 1.29 is 19.3 Å². The number of fused-ring (bicyclic) bond motifs is 2. The van der Waals surface area contributed by atoms with Gasteiger partial charge in [0.15, 0.2) is 0 Å². The standard InChI is InChI=1S/C13H25NO4/c1-9(7-16-2)17-8-10(15)6-14-12-5-11-3-4-13(12)18-11/h9-15H,3-8H2,1-2H3. The van der Waals surface area contributed by atoms with Crippen molar-refractivity contribution in [1.82, 2.24) is 5.32 Å². The Labute approximate surface area is 109 Å². The number of hydrogen-bond acceptors (Lipinski definition) is 5. The average Bonchev–Trinajstić information content (AvgIpc) is 2.96. The molecule has 0 saturated carbocycles. The monoisotopic (exact) mass is 259 g/mol. The summed E-state index contributed by atoms with van der Waals surface area (Å²) in [7, 11) is 1.65. The lowest BCUT2D eigenvalue weighted by Crippen LogP contribution is -2.42. The summed E-state index contributed by atoms with van der Waals surface area (Å²) in [5.41, 5.74) is 0. The highest BCUT2D eigenvalue weighted by Gasteiger charge is 2.40. The minimum absolute atomic E-state index is 0.0236. The van der Waals surface area contributed by atoms with Crippen molar-refractivity contribution in [3.63, 3.8) is 0 Å². The second kappa shape index (κ2) is 6.82. The molecule has 2 rings (SSSR count). The third kappa shape index (κ3) is 3.90. The second-order valence-corrected chi connectivity index (χ2v) is 5.38. The number of hydrogen-bond donors (Lipinski definition) is 2. The molecule has 2 bridgehead atoms. The predicted molar refractivity (Wildman–Crippen MR) is 67.6 cm³/mol. The first-order valence-corrected chi connectivity index (χ1v) is 6.86. The van der Waals surface area contributed by atoms with Crippen LogP contribution in [0, 0.1) is 0 Å². The van der Waals surface area contributed by atoms with Crippen LogP contribution in [0.4, 0.5) is 0 Å². The zero-order valence-corrected chi connectivity index (χ0v) is 11.3. The fourth-order valence-electron chi connectivity index (χ4n) is 2.76. The molecule has 5 atom stereocenters. The number of rotatable bonds is 8. The summed E-state index contributed by atoms with van der Waals surface area (Å²) in [6.07, 6.45) is 3.79. The molecule has 2 aliphatic rings. The summed E-state index contributed by atoms with van der Waals surface area (Å²) >= 11 is 0. The molecule has 2 fully saturated rings. The zero-order chi connectivity index (χ0) is 13.0. The maximum atomic E-state index is 9.83. The molecule has 2 aliphatic heterocycles. The summed E-state index contributed by atoms with van der Waals surface area (Å²) in [6.45, 7) is 3.41. The third-order valence-corrected chi connectivity index (χ3v) is 3.70. The van der Waals surface area contributed by atoms with Gasteiger partial charge in [-0.1, -0.05) is 0 Å². The van der Waals surface area contributed by atoms with Crippen LogP contribution >= 0.6 is 0 Å². The van der Waals surface area contributed by atoms with E-state index in [4.69, 9.17) is 14.2 Å². The van der Waals surface area contributed by atoms with Crippen LogP contribution in [0.2, 0.25) is 0 Å².